The lowest BCUT2D eigenvalue weighted by Crippen LogP contribution is -2.35. The zero-order valence-electron chi connectivity index (χ0n) is 23.5. The van der Waals surface area contributed by atoms with E-state index in [1.807, 2.05) is 18.2 Å². The van der Waals surface area contributed by atoms with Crippen LogP contribution in [0.2, 0.25) is 0 Å². The smallest absolute Gasteiger partial charge is 0.383 e. The van der Waals surface area contributed by atoms with E-state index >= 15 is 0 Å². The number of nitrogens with zero attached hydrogens (tertiary/aromatic N) is 7. The molecule has 1 aliphatic rings. The number of hydrogen-bond donors (Lipinski definition) is 2. The molecule has 2 N–H and O–H groups in total. The van der Waals surface area contributed by atoms with Gasteiger partial charge in [0, 0.05) is 23.8 Å². The third kappa shape index (κ3) is 5.10. The minimum Gasteiger partial charge on any atom is -0.383 e. The van der Waals surface area contributed by atoms with Gasteiger partial charge < -0.3 is 10.6 Å². The van der Waals surface area contributed by atoms with E-state index in [1.165, 1.54) is 23.7 Å². The molecule has 0 radical (unpaired) electrons. The topological polar surface area (TPSA) is 128 Å². The van der Waals surface area contributed by atoms with Gasteiger partial charge in [-0.15, -0.1) is 16.4 Å². The highest BCUT2D eigenvalue weighted by atomic mass is 32.1. The predicted molar refractivity (Wildman–Crippen MR) is 157 cm³/mol. The van der Waals surface area contributed by atoms with Gasteiger partial charge >= 0.3 is 6.18 Å². The van der Waals surface area contributed by atoms with E-state index in [0.29, 0.717) is 34.4 Å². The van der Waals surface area contributed by atoms with Gasteiger partial charge in [-0.05, 0) is 42.0 Å². The fraction of sp³-hybridized carbons (Fsp3) is 0.333. The molecule has 0 saturated heterocycles. The Kier molecular flexibility index (Phi) is 6.74. The first-order chi connectivity index (χ1) is 20.4. The number of hydrogen-bond acceptors (Lipinski definition) is 9. The number of anilines is 2. The largest absolute Gasteiger partial charge is 0.413 e. The lowest BCUT2D eigenvalue weighted by Gasteiger charge is -2.22. The van der Waals surface area contributed by atoms with Gasteiger partial charge in [-0.25, -0.2) is 9.67 Å². The van der Waals surface area contributed by atoms with Crippen molar-refractivity contribution in [2.75, 3.05) is 17.2 Å². The third-order valence-corrected chi connectivity index (χ3v) is 8.40. The number of alkyl halides is 3. The lowest BCUT2D eigenvalue weighted by atomic mass is 9.96. The highest BCUT2D eigenvalue weighted by Crippen LogP contribution is 2.55. The van der Waals surface area contributed by atoms with Crippen molar-refractivity contribution in [2.45, 2.75) is 51.4 Å². The number of fused-ring (bicyclic) bond motifs is 2. The second-order valence-electron chi connectivity index (χ2n) is 11.8. The van der Waals surface area contributed by atoms with Crippen LogP contribution in [0.5, 0.6) is 0 Å². The van der Waals surface area contributed by atoms with Gasteiger partial charge in [0.05, 0.1) is 50.3 Å². The van der Waals surface area contributed by atoms with Crippen molar-refractivity contribution >= 4 is 43.8 Å². The molecule has 2 aromatic carbocycles. The Morgan fingerprint density at radius 1 is 1.09 bits per heavy atom. The standard InChI is InChI=1S/C30H26F3N9S/c1-28(2,3)15-37-25-18(12-35)13-36-24-17(11-34)9-19(10-21(24)25)39-26(20-5-4-6-22-27(20)43-16-38-22)23-14-42(41-40-23)29(7-8-29)30(31,32)33/h4-6,9-10,13-14,16,26,39H,7-8,15H2,1-3H3,(H,36,37). The Morgan fingerprint density at radius 3 is 2.53 bits per heavy atom. The zero-order valence-corrected chi connectivity index (χ0v) is 24.3. The molecule has 6 rings (SSSR count). The van der Waals surface area contributed by atoms with Crippen molar-refractivity contribution in [3.63, 3.8) is 0 Å². The summed E-state index contributed by atoms with van der Waals surface area (Å²) in [6.07, 6.45) is -1.79. The maximum atomic E-state index is 13.9. The molecule has 0 aliphatic heterocycles. The summed E-state index contributed by atoms with van der Waals surface area (Å²) in [6, 6.07) is 12.6. The second-order valence-corrected chi connectivity index (χ2v) is 12.7. The van der Waals surface area contributed by atoms with Crippen molar-refractivity contribution in [1.82, 2.24) is 25.0 Å². The van der Waals surface area contributed by atoms with E-state index in [9.17, 15) is 23.7 Å². The third-order valence-electron chi connectivity index (χ3n) is 7.51. The Balaban J connectivity index is 1.50. The molecule has 3 heterocycles. The van der Waals surface area contributed by atoms with Gasteiger partial charge in [0.15, 0.2) is 5.54 Å². The van der Waals surface area contributed by atoms with Crippen molar-refractivity contribution in [3.05, 3.63) is 70.6 Å². The Morgan fingerprint density at radius 2 is 1.86 bits per heavy atom. The van der Waals surface area contributed by atoms with E-state index in [4.69, 9.17) is 0 Å². The maximum absolute atomic E-state index is 13.9. The monoisotopic (exact) mass is 601 g/mol. The maximum Gasteiger partial charge on any atom is 0.413 e. The normalized spacial score (nSPS) is 15.2. The van der Waals surface area contributed by atoms with E-state index < -0.39 is 17.8 Å². The molecule has 0 bridgehead atoms. The van der Waals surface area contributed by atoms with Crippen molar-refractivity contribution in [3.8, 4) is 12.1 Å². The summed E-state index contributed by atoms with van der Waals surface area (Å²) < 4.78 is 43.5. The molecule has 1 aliphatic carbocycles. The van der Waals surface area contributed by atoms with Crippen molar-refractivity contribution < 1.29 is 13.2 Å². The molecule has 43 heavy (non-hydrogen) atoms. The van der Waals surface area contributed by atoms with Crippen LogP contribution in [-0.4, -0.2) is 37.7 Å². The van der Waals surface area contributed by atoms with Gasteiger partial charge in [0.2, 0.25) is 0 Å². The second kappa shape index (κ2) is 10.2. The number of aromatic nitrogens is 5. The molecule has 1 fully saturated rings. The molecule has 1 unspecified atom stereocenters. The van der Waals surface area contributed by atoms with Gasteiger partial charge in [-0.2, -0.15) is 23.7 Å². The highest BCUT2D eigenvalue weighted by Gasteiger charge is 2.66. The number of nitrogens with one attached hydrogen (secondary N) is 2. The van der Waals surface area contributed by atoms with Crippen LogP contribution in [-0.2, 0) is 5.54 Å². The van der Waals surface area contributed by atoms with Gasteiger partial charge in [-0.1, -0.05) is 38.1 Å². The average molecular weight is 602 g/mol. The van der Waals surface area contributed by atoms with Crippen LogP contribution in [0.15, 0.2) is 48.2 Å². The number of pyridine rings is 1. The molecule has 1 atom stereocenters. The van der Waals surface area contributed by atoms with Crippen LogP contribution in [0.25, 0.3) is 21.1 Å². The number of thiazole rings is 1. The summed E-state index contributed by atoms with van der Waals surface area (Å²) in [4.78, 5) is 8.81. The summed E-state index contributed by atoms with van der Waals surface area (Å²) in [6.45, 7) is 6.74. The number of rotatable bonds is 7. The predicted octanol–water partition coefficient (Wildman–Crippen LogP) is 6.89. The first-order valence-corrected chi connectivity index (χ1v) is 14.4. The van der Waals surface area contributed by atoms with Crippen LogP contribution in [0.3, 0.4) is 0 Å². The van der Waals surface area contributed by atoms with E-state index in [0.717, 1.165) is 20.5 Å². The molecule has 5 aromatic rings. The SMILES string of the molecule is CC(C)(C)CNc1c(C#N)cnc2c(C#N)cc(NC(c3cn(C4(C(F)(F)F)CC4)nn3)c3cccc4ncsc34)cc12. The van der Waals surface area contributed by atoms with Gasteiger partial charge in [-0.3, -0.25) is 4.98 Å². The van der Waals surface area contributed by atoms with Crippen LogP contribution >= 0.6 is 11.3 Å². The van der Waals surface area contributed by atoms with Crippen molar-refractivity contribution in [1.29, 1.82) is 10.5 Å². The minimum absolute atomic E-state index is 0.0589. The Bertz CT molecular complexity index is 1940. The number of nitriles is 2. The molecule has 3 aromatic heterocycles. The quantitative estimate of drug-likeness (QED) is 0.206. The van der Waals surface area contributed by atoms with Gasteiger partial charge in [0.1, 0.15) is 17.8 Å². The molecular weight excluding hydrogens is 575 g/mol. The molecule has 218 valence electrons. The van der Waals surface area contributed by atoms with Crippen molar-refractivity contribution in [2.24, 2.45) is 5.41 Å². The van der Waals surface area contributed by atoms with Crippen LogP contribution < -0.4 is 10.6 Å². The Hall–Kier alpha value is -4.75. The summed E-state index contributed by atoms with van der Waals surface area (Å²) in [7, 11) is 0. The van der Waals surface area contributed by atoms with Crippen LogP contribution in [0, 0.1) is 28.1 Å². The molecule has 0 spiro atoms. The molecule has 0 amide bonds. The summed E-state index contributed by atoms with van der Waals surface area (Å²) >= 11 is 1.41. The summed E-state index contributed by atoms with van der Waals surface area (Å²) in [5.74, 6) is 0. The first kappa shape index (κ1) is 28.4. The van der Waals surface area contributed by atoms with Gasteiger partial charge in [0.25, 0.3) is 0 Å². The average Bonchev–Trinajstić information content (AvgIpc) is 3.41. The summed E-state index contributed by atoms with van der Waals surface area (Å²) in [5.41, 5.74) is 3.40. The Labute approximate surface area is 249 Å². The van der Waals surface area contributed by atoms with E-state index in [1.54, 1.807) is 17.6 Å². The number of halogens is 3. The number of benzene rings is 2. The van der Waals surface area contributed by atoms with E-state index in [2.05, 4.69) is 63.8 Å². The fourth-order valence-electron chi connectivity index (χ4n) is 5.09. The lowest BCUT2D eigenvalue weighted by molar-refractivity contribution is -0.182. The molecule has 1 saturated carbocycles. The molecule has 9 nitrogen and oxygen atoms in total. The zero-order chi connectivity index (χ0) is 30.6. The van der Waals surface area contributed by atoms with Crippen LogP contribution in [0.1, 0.15) is 62.0 Å². The highest BCUT2D eigenvalue weighted by molar-refractivity contribution is 7.17. The first-order valence-electron chi connectivity index (χ1n) is 13.5. The van der Waals surface area contributed by atoms with E-state index in [-0.39, 0.29) is 29.5 Å². The molecular formula is C30H26F3N9S. The minimum atomic E-state index is -4.46. The fourth-order valence-corrected chi connectivity index (χ4v) is 5.93. The molecule has 13 heteroatoms. The van der Waals surface area contributed by atoms with Crippen LogP contribution in [0.4, 0.5) is 24.5 Å². The summed E-state index contributed by atoms with van der Waals surface area (Å²) in [5, 5.41) is 35.4.